The molecule has 1 heterocycles. The fraction of sp³-hybridized carbons (Fsp3) is 0.800. The van der Waals surface area contributed by atoms with Gasteiger partial charge in [0.05, 0.1) is 5.71 Å². The largest absolute Gasteiger partial charge is 0.391 e. The zero-order valence-electron chi connectivity index (χ0n) is 4.72. The van der Waals surface area contributed by atoms with Crippen molar-refractivity contribution in [2.24, 2.45) is 5.16 Å². The first-order valence-electron chi connectivity index (χ1n) is 2.58. The van der Waals surface area contributed by atoms with Crippen LogP contribution in [-0.2, 0) is 4.84 Å². The van der Waals surface area contributed by atoms with Gasteiger partial charge in [0.1, 0.15) is 6.10 Å². The Hall–Kier alpha value is 0.200. The summed E-state index contributed by atoms with van der Waals surface area (Å²) in [7, 11) is 0. The summed E-state index contributed by atoms with van der Waals surface area (Å²) in [4.78, 5) is 4.99. The molecule has 0 saturated heterocycles. The summed E-state index contributed by atoms with van der Waals surface area (Å²) in [5.41, 5.74) is 1.12. The Morgan fingerprint density at radius 1 is 2.00 bits per heavy atom. The monoisotopic (exact) mass is 225 g/mol. The highest BCUT2D eigenvalue weighted by atomic mass is 127. The lowest BCUT2D eigenvalue weighted by Crippen LogP contribution is -2.06. The molecule has 8 heavy (non-hydrogen) atoms. The third-order valence-electron chi connectivity index (χ3n) is 1.05. The van der Waals surface area contributed by atoms with Gasteiger partial charge in [-0.15, -0.1) is 0 Å². The van der Waals surface area contributed by atoms with E-state index in [9.17, 15) is 0 Å². The second kappa shape index (κ2) is 2.66. The molecule has 0 aromatic carbocycles. The van der Waals surface area contributed by atoms with Crippen LogP contribution < -0.4 is 0 Å². The normalized spacial score (nSPS) is 27.2. The van der Waals surface area contributed by atoms with Gasteiger partial charge in [-0.2, -0.15) is 0 Å². The average Bonchev–Trinajstić information content (AvgIpc) is 2.14. The topological polar surface area (TPSA) is 21.6 Å². The molecule has 1 aliphatic heterocycles. The Bertz CT molecular complexity index is 113. The number of halogens is 1. The van der Waals surface area contributed by atoms with E-state index < -0.39 is 0 Å². The predicted octanol–water partition coefficient (Wildman–Crippen LogP) is 1.59. The zero-order chi connectivity index (χ0) is 5.98. The maximum atomic E-state index is 4.99. The summed E-state index contributed by atoms with van der Waals surface area (Å²) in [6.07, 6.45) is 1.37. The van der Waals surface area contributed by atoms with Gasteiger partial charge < -0.3 is 4.84 Å². The number of rotatable bonds is 1. The van der Waals surface area contributed by atoms with Gasteiger partial charge in [-0.05, 0) is 6.92 Å². The minimum Gasteiger partial charge on any atom is -0.391 e. The maximum absolute atomic E-state index is 4.99. The first kappa shape index (κ1) is 6.32. The van der Waals surface area contributed by atoms with E-state index in [2.05, 4.69) is 27.7 Å². The number of nitrogens with zero attached hydrogens (tertiary/aromatic N) is 1. The molecule has 0 aliphatic carbocycles. The molecule has 0 amide bonds. The quantitative estimate of drug-likeness (QED) is 0.490. The van der Waals surface area contributed by atoms with Crippen LogP contribution in [0.15, 0.2) is 5.16 Å². The number of hydrogen-bond donors (Lipinski definition) is 0. The summed E-state index contributed by atoms with van der Waals surface area (Å²) in [5, 5.41) is 3.80. The Morgan fingerprint density at radius 2 is 2.75 bits per heavy atom. The molecular formula is C5H8INO. The van der Waals surface area contributed by atoms with Crippen molar-refractivity contribution in [3.8, 4) is 0 Å². The highest BCUT2D eigenvalue weighted by molar-refractivity contribution is 14.1. The van der Waals surface area contributed by atoms with E-state index in [1.165, 1.54) is 0 Å². The maximum Gasteiger partial charge on any atom is 0.141 e. The molecule has 0 saturated carbocycles. The van der Waals surface area contributed by atoms with Crippen LogP contribution in [-0.4, -0.2) is 16.2 Å². The Balaban J connectivity index is 2.32. The molecule has 1 atom stereocenters. The summed E-state index contributed by atoms with van der Waals surface area (Å²) in [6.45, 7) is 1.99. The van der Waals surface area contributed by atoms with Crippen LogP contribution in [0, 0.1) is 0 Å². The number of hydrogen-bond acceptors (Lipinski definition) is 2. The van der Waals surface area contributed by atoms with Crippen molar-refractivity contribution in [2.75, 3.05) is 4.43 Å². The third-order valence-corrected chi connectivity index (χ3v) is 2.04. The Morgan fingerprint density at radius 3 is 3.00 bits per heavy atom. The lowest BCUT2D eigenvalue weighted by molar-refractivity contribution is 0.105. The first-order chi connectivity index (χ1) is 3.83. The second-order valence-electron chi connectivity index (χ2n) is 1.91. The average molecular weight is 225 g/mol. The standard InChI is InChI=1S/C5H8INO/c1-4-2-5(3-6)8-7-4/h5H,2-3H2,1H3/t5-/m1/s1. The number of alkyl halides is 1. The summed E-state index contributed by atoms with van der Waals surface area (Å²) in [5.74, 6) is 0. The van der Waals surface area contributed by atoms with Crippen molar-refractivity contribution in [3.05, 3.63) is 0 Å². The second-order valence-corrected chi connectivity index (χ2v) is 2.79. The van der Waals surface area contributed by atoms with E-state index in [-0.39, 0.29) is 0 Å². The van der Waals surface area contributed by atoms with E-state index in [4.69, 9.17) is 4.84 Å². The molecule has 0 spiro atoms. The molecule has 1 aliphatic rings. The molecule has 46 valence electrons. The SMILES string of the molecule is CC1=NO[C@@H](CI)C1. The minimum absolute atomic E-state index is 0.357. The summed E-state index contributed by atoms with van der Waals surface area (Å²) in [6, 6.07) is 0. The highest BCUT2D eigenvalue weighted by Crippen LogP contribution is 2.11. The van der Waals surface area contributed by atoms with E-state index in [1.54, 1.807) is 0 Å². The van der Waals surface area contributed by atoms with Gasteiger partial charge in [0.25, 0.3) is 0 Å². The minimum atomic E-state index is 0.357. The molecule has 0 unspecified atom stereocenters. The number of oxime groups is 1. The molecule has 0 aromatic heterocycles. The summed E-state index contributed by atoms with van der Waals surface area (Å²) >= 11 is 2.30. The van der Waals surface area contributed by atoms with Crippen molar-refractivity contribution in [2.45, 2.75) is 19.4 Å². The summed E-state index contributed by atoms with van der Waals surface area (Å²) < 4.78 is 1.04. The molecule has 0 N–H and O–H groups in total. The Kier molecular flexibility index (Phi) is 2.10. The van der Waals surface area contributed by atoms with Gasteiger partial charge in [-0.1, -0.05) is 27.7 Å². The van der Waals surface area contributed by atoms with Gasteiger partial charge in [0.2, 0.25) is 0 Å². The van der Waals surface area contributed by atoms with Crippen LogP contribution in [0.25, 0.3) is 0 Å². The molecular weight excluding hydrogens is 217 g/mol. The van der Waals surface area contributed by atoms with E-state index in [1.807, 2.05) is 6.92 Å². The van der Waals surface area contributed by atoms with E-state index >= 15 is 0 Å². The van der Waals surface area contributed by atoms with Gasteiger partial charge in [-0.3, -0.25) is 0 Å². The predicted molar refractivity (Wildman–Crippen MR) is 41.5 cm³/mol. The van der Waals surface area contributed by atoms with Crippen LogP contribution in [0.5, 0.6) is 0 Å². The molecule has 0 fully saturated rings. The lowest BCUT2D eigenvalue weighted by atomic mass is 10.2. The van der Waals surface area contributed by atoms with Gasteiger partial charge >= 0.3 is 0 Å². The highest BCUT2D eigenvalue weighted by Gasteiger charge is 2.15. The van der Waals surface area contributed by atoms with Crippen LogP contribution in [0.1, 0.15) is 13.3 Å². The fourth-order valence-electron chi connectivity index (χ4n) is 0.651. The van der Waals surface area contributed by atoms with Gasteiger partial charge in [0.15, 0.2) is 0 Å². The van der Waals surface area contributed by atoms with Crippen molar-refractivity contribution in [3.63, 3.8) is 0 Å². The van der Waals surface area contributed by atoms with Crippen molar-refractivity contribution >= 4 is 28.3 Å². The van der Waals surface area contributed by atoms with Gasteiger partial charge in [-0.25, -0.2) is 0 Å². The van der Waals surface area contributed by atoms with Gasteiger partial charge in [0, 0.05) is 10.8 Å². The molecule has 0 bridgehead atoms. The van der Waals surface area contributed by atoms with Crippen LogP contribution in [0.2, 0.25) is 0 Å². The molecule has 1 rings (SSSR count). The molecule has 2 nitrogen and oxygen atoms in total. The molecule has 3 heteroatoms. The van der Waals surface area contributed by atoms with E-state index in [0.29, 0.717) is 6.10 Å². The zero-order valence-corrected chi connectivity index (χ0v) is 6.88. The Labute approximate surface area is 62.4 Å². The smallest absolute Gasteiger partial charge is 0.141 e. The van der Waals surface area contributed by atoms with Crippen LogP contribution in [0.4, 0.5) is 0 Å². The van der Waals surface area contributed by atoms with Crippen molar-refractivity contribution < 1.29 is 4.84 Å². The van der Waals surface area contributed by atoms with Crippen LogP contribution >= 0.6 is 22.6 Å². The fourth-order valence-corrected chi connectivity index (χ4v) is 1.12. The third kappa shape index (κ3) is 1.34. The van der Waals surface area contributed by atoms with Crippen molar-refractivity contribution in [1.29, 1.82) is 0 Å². The van der Waals surface area contributed by atoms with Crippen molar-refractivity contribution in [1.82, 2.24) is 0 Å². The molecule has 0 aromatic rings. The van der Waals surface area contributed by atoms with Crippen LogP contribution in [0.3, 0.4) is 0 Å². The first-order valence-corrected chi connectivity index (χ1v) is 4.10. The van der Waals surface area contributed by atoms with E-state index in [0.717, 1.165) is 16.6 Å². The molecule has 0 radical (unpaired) electrons. The lowest BCUT2D eigenvalue weighted by Gasteiger charge is -1.99.